The fourth-order valence-electron chi connectivity index (χ4n) is 4.13. The number of benzene rings is 4. The highest BCUT2D eigenvalue weighted by Crippen LogP contribution is 2.39. The van der Waals surface area contributed by atoms with Crippen molar-refractivity contribution in [1.82, 2.24) is 4.57 Å². The first-order valence-electron chi connectivity index (χ1n) is 10.7. The Balaban J connectivity index is 1.91. The second-order valence-electron chi connectivity index (χ2n) is 7.86. The van der Waals surface area contributed by atoms with E-state index < -0.39 is 19.7 Å². The van der Waals surface area contributed by atoms with Gasteiger partial charge >= 0.3 is 0 Å². The van der Waals surface area contributed by atoms with E-state index in [1.807, 2.05) is 30.3 Å². The molecule has 0 saturated heterocycles. The van der Waals surface area contributed by atoms with Crippen molar-refractivity contribution in [2.24, 2.45) is 0 Å². The van der Waals surface area contributed by atoms with Gasteiger partial charge in [0.25, 0.3) is 0 Å². The summed E-state index contributed by atoms with van der Waals surface area (Å²) in [5, 5.41) is 0.143. The van der Waals surface area contributed by atoms with Crippen molar-refractivity contribution in [2.45, 2.75) is 26.3 Å². The summed E-state index contributed by atoms with van der Waals surface area (Å²) in [5.74, 6) is 0. The number of aromatic nitrogens is 1. The Morgan fingerprint density at radius 3 is 1.59 bits per heavy atom. The predicted octanol–water partition coefficient (Wildman–Crippen LogP) is 5.36. The molecular formula is C27H21NO4S2. The molecule has 5 rings (SSSR count). The van der Waals surface area contributed by atoms with Crippen LogP contribution in [-0.4, -0.2) is 21.4 Å². The van der Waals surface area contributed by atoms with Crippen LogP contribution in [0.2, 0.25) is 0 Å². The number of nitrogens with zero attached hydrogens (tertiary/aromatic N) is 1. The van der Waals surface area contributed by atoms with Gasteiger partial charge in [0, 0.05) is 11.9 Å². The molecule has 170 valence electrons. The molecule has 1 aromatic heterocycles. The number of hydrogen-bond donors (Lipinski definition) is 0. The highest BCUT2D eigenvalue weighted by molar-refractivity contribution is 7.94. The van der Waals surface area contributed by atoms with Gasteiger partial charge in [-0.05, 0) is 35.9 Å². The van der Waals surface area contributed by atoms with E-state index in [0.717, 1.165) is 5.56 Å². The monoisotopic (exact) mass is 487 g/mol. The number of hydrogen-bond acceptors (Lipinski definition) is 4. The maximum Gasteiger partial charge on any atom is 0.223 e. The first-order valence-corrected chi connectivity index (χ1v) is 13.6. The molecule has 0 bridgehead atoms. The molecule has 0 radical (unpaired) electrons. The zero-order valence-corrected chi connectivity index (χ0v) is 19.7. The molecule has 0 amide bonds. The molecule has 0 spiro atoms. The molecule has 1 heterocycles. The third-order valence-electron chi connectivity index (χ3n) is 5.69. The van der Waals surface area contributed by atoms with Gasteiger partial charge in [-0.15, -0.1) is 0 Å². The second kappa shape index (κ2) is 8.59. The molecule has 0 atom stereocenters. The molecular weight excluding hydrogens is 466 g/mol. The fraction of sp³-hybridized carbons (Fsp3) is 0.0370. The van der Waals surface area contributed by atoms with Crippen LogP contribution < -0.4 is 0 Å². The molecule has 0 saturated carbocycles. The maximum absolute atomic E-state index is 14.0. The lowest BCUT2D eigenvalue weighted by molar-refractivity contribution is 0.569. The molecule has 0 aliphatic rings. The molecule has 0 aliphatic heterocycles. The van der Waals surface area contributed by atoms with E-state index >= 15 is 0 Å². The highest BCUT2D eigenvalue weighted by atomic mass is 32.2. The molecule has 34 heavy (non-hydrogen) atoms. The summed E-state index contributed by atoms with van der Waals surface area (Å²) in [6.07, 6.45) is 0. The van der Waals surface area contributed by atoms with Gasteiger partial charge in [-0.25, -0.2) is 16.8 Å². The lowest BCUT2D eigenvalue weighted by atomic mass is 10.2. The molecule has 0 fully saturated rings. The van der Waals surface area contributed by atoms with Crippen LogP contribution in [0.4, 0.5) is 0 Å². The molecule has 5 aromatic rings. The summed E-state index contributed by atoms with van der Waals surface area (Å²) in [4.78, 5) is -0.118. The van der Waals surface area contributed by atoms with Crippen LogP contribution in [0.5, 0.6) is 0 Å². The lowest BCUT2D eigenvalue weighted by Gasteiger charge is -2.14. The van der Waals surface area contributed by atoms with Gasteiger partial charge in [0.15, 0.2) is 5.03 Å². The highest BCUT2D eigenvalue weighted by Gasteiger charge is 2.36. The van der Waals surface area contributed by atoms with E-state index in [1.54, 1.807) is 65.2 Å². The van der Waals surface area contributed by atoms with E-state index in [4.69, 9.17) is 0 Å². The normalized spacial score (nSPS) is 12.1. The summed E-state index contributed by atoms with van der Waals surface area (Å²) in [5.41, 5.74) is 1.40. The minimum Gasteiger partial charge on any atom is -0.326 e. The zero-order valence-electron chi connectivity index (χ0n) is 18.1. The number of sulfone groups is 2. The Morgan fingerprint density at radius 1 is 0.529 bits per heavy atom. The average molecular weight is 488 g/mol. The summed E-state index contributed by atoms with van der Waals surface area (Å²) in [6.45, 7) is 0.201. The molecule has 0 unspecified atom stereocenters. The second-order valence-corrected chi connectivity index (χ2v) is 11.6. The van der Waals surface area contributed by atoms with Crippen molar-refractivity contribution in [3.63, 3.8) is 0 Å². The van der Waals surface area contributed by atoms with Gasteiger partial charge in [-0.2, -0.15) is 0 Å². The van der Waals surface area contributed by atoms with Crippen molar-refractivity contribution in [3.8, 4) is 0 Å². The minimum atomic E-state index is -4.19. The van der Waals surface area contributed by atoms with Crippen LogP contribution in [0.15, 0.2) is 135 Å². The van der Waals surface area contributed by atoms with Gasteiger partial charge < -0.3 is 4.57 Å². The van der Waals surface area contributed by atoms with Crippen LogP contribution in [-0.2, 0) is 26.2 Å². The van der Waals surface area contributed by atoms with Crippen molar-refractivity contribution in [3.05, 3.63) is 121 Å². The predicted molar refractivity (Wildman–Crippen MR) is 131 cm³/mol. The van der Waals surface area contributed by atoms with Crippen LogP contribution in [0, 0.1) is 0 Å². The summed E-state index contributed by atoms with van der Waals surface area (Å²) in [7, 11) is -8.35. The van der Waals surface area contributed by atoms with Gasteiger partial charge in [0.05, 0.1) is 15.3 Å². The van der Waals surface area contributed by atoms with Crippen molar-refractivity contribution in [1.29, 1.82) is 0 Å². The third kappa shape index (κ3) is 3.73. The smallest absolute Gasteiger partial charge is 0.223 e. The maximum atomic E-state index is 14.0. The Kier molecular flexibility index (Phi) is 5.59. The van der Waals surface area contributed by atoms with Gasteiger partial charge in [0.1, 0.15) is 4.90 Å². The minimum absolute atomic E-state index is 0.0385. The Hall–Kier alpha value is -3.68. The third-order valence-corrected chi connectivity index (χ3v) is 9.49. The lowest BCUT2D eigenvalue weighted by Crippen LogP contribution is -2.15. The van der Waals surface area contributed by atoms with E-state index in [1.165, 1.54) is 24.3 Å². The van der Waals surface area contributed by atoms with E-state index in [-0.39, 0.29) is 26.3 Å². The average Bonchev–Trinajstić information content (AvgIpc) is 3.21. The fourth-order valence-corrected chi connectivity index (χ4v) is 7.88. The largest absolute Gasteiger partial charge is 0.326 e. The number of fused-ring (bicyclic) bond motifs is 1. The Bertz CT molecular complexity index is 1680. The van der Waals surface area contributed by atoms with E-state index in [0.29, 0.717) is 10.9 Å². The molecule has 5 nitrogen and oxygen atoms in total. The SMILES string of the molecule is O=S(=O)(c1ccccc1)c1c(S(=O)(=O)c2ccccc2)n(Cc2ccccc2)c2ccccc12. The van der Waals surface area contributed by atoms with Crippen LogP contribution >= 0.6 is 0 Å². The van der Waals surface area contributed by atoms with E-state index in [9.17, 15) is 16.8 Å². The standard InChI is InChI=1S/C27H21NO4S2/c29-33(30,22-14-6-2-7-15-22)26-24-18-10-11-19-25(24)28(20-21-12-4-1-5-13-21)27(26)34(31,32)23-16-8-3-9-17-23/h1-19H,20H2. The summed E-state index contributed by atoms with van der Waals surface area (Å²) in [6, 6.07) is 32.2. The van der Waals surface area contributed by atoms with Gasteiger partial charge in [-0.1, -0.05) is 84.9 Å². The molecule has 7 heteroatoms. The number of para-hydroxylation sites is 1. The van der Waals surface area contributed by atoms with Crippen LogP contribution in [0.25, 0.3) is 10.9 Å². The summed E-state index contributed by atoms with van der Waals surface area (Å²) < 4.78 is 57.5. The van der Waals surface area contributed by atoms with Crippen LogP contribution in [0.3, 0.4) is 0 Å². The Morgan fingerprint density at radius 2 is 1.00 bits per heavy atom. The quantitative estimate of drug-likeness (QED) is 0.323. The topological polar surface area (TPSA) is 73.2 Å². The van der Waals surface area contributed by atoms with Crippen molar-refractivity contribution < 1.29 is 16.8 Å². The summed E-state index contributed by atoms with van der Waals surface area (Å²) >= 11 is 0. The van der Waals surface area contributed by atoms with E-state index in [2.05, 4.69) is 0 Å². The van der Waals surface area contributed by atoms with Gasteiger partial charge in [-0.3, -0.25) is 0 Å². The van der Waals surface area contributed by atoms with Crippen LogP contribution in [0.1, 0.15) is 5.56 Å². The van der Waals surface area contributed by atoms with Crippen molar-refractivity contribution in [2.75, 3.05) is 0 Å². The van der Waals surface area contributed by atoms with Crippen molar-refractivity contribution >= 4 is 30.6 Å². The number of rotatable bonds is 6. The molecule has 0 aliphatic carbocycles. The zero-order chi connectivity index (χ0) is 23.8. The molecule has 4 aromatic carbocycles. The molecule has 0 N–H and O–H groups in total. The first kappa shape index (κ1) is 22.1. The first-order chi connectivity index (χ1) is 16.4. The Labute approximate surface area is 198 Å². The van der Waals surface area contributed by atoms with Gasteiger partial charge in [0.2, 0.25) is 19.7 Å².